The van der Waals surface area contributed by atoms with Crippen LogP contribution in [-0.2, 0) is 6.61 Å². The maximum Gasteiger partial charge on any atom is 0.145 e. The van der Waals surface area contributed by atoms with Crippen molar-refractivity contribution in [3.8, 4) is 5.75 Å². The number of hydrogen-bond acceptors (Lipinski definition) is 5. The molecule has 116 valence electrons. The van der Waals surface area contributed by atoms with Crippen LogP contribution in [0.2, 0.25) is 15.1 Å². The van der Waals surface area contributed by atoms with Gasteiger partial charge in [-0.25, -0.2) is 0 Å². The molecule has 0 aliphatic carbocycles. The highest BCUT2D eigenvalue weighted by molar-refractivity contribution is 6.41. The Balaban J connectivity index is 2.30. The van der Waals surface area contributed by atoms with E-state index >= 15 is 0 Å². The average molecular weight is 361 g/mol. The highest BCUT2D eigenvalue weighted by Gasteiger charge is 2.10. The zero-order valence-corrected chi connectivity index (χ0v) is 13.7. The third-order valence-corrected chi connectivity index (χ3v) is 3.72. The fourth-order valence-corrected chi connectivity index (χ4v) is 2.63. The van der Waals surface area contributed by atoms with Gasteiger partial charge in [-0.2, -0.15) is 5.10 Å². The van der Waals surface area contributed by atoms with Gasteiger partial charge in [0.05, 0.1) is 34.2 Å². The van der Waals surface area contributed by atoms with E-state index in [9.17, 15) is 10.2 Å². The third kappa shape index (κ3) is 3.62. The van der Waals surface area contributed by atoms with Gasteiger partial charge < -0.3 is 10.2 Å². The summed E-state index contributed by atoms with van der Waals surface area (Å²) in [7, 11) is 0. The predicted octanol–water partition coefficient (Wildman–Crippen LogP) is 3.99. The van der Waals surface area contributed by atoms with Gasteiger partial charge in [0.25, 0.3) is 0 Å². The van der Waals surface area contributed by atoms with Crippen LogP contribution in [0.4, 0.5) is 5.69 Å². The second kappa shape index (κ2) is 7.15. The van der Waals surface area contributed by atoms with Gasteiger partial charge in [0.15, 0.2) is 0 Å². The molecule has 0 spiro atoms. The van der Waals surface area contributed by atoms with Crippen LogP contribution >= 0.6 is 34.8 Å². The summed E-state index contributed by atoms with van der Waals surface area (Å²) in [5.41, 5.74) is 4.32. The molecule has 0 saturated carbocycles. The second-order valence-electron chi connectivity index (χ2n) is 4.40. The van der Waals surface area contributed by atoms with Crippen LogP contribution in [0.3, 0.4) is 0 Å². The molecule has 0 aliphatic rings. The number of aliphatic hydroxyl groups is 1. The summed E-state index contributed by atoms with van der Waals surface area (Å²) >= 11 is 17.9. The highest BCUT2D eigenvalue weighted by atomic mass is 35.5. The van der Waals surface area contributed by atoms with E-state index in [2.05, 4.69) is 15.5 Å². The minimum atomic E-state index is -0.273. The van der Waals surface area contributed by atoms with Crippen LogP contribution in [0.1, 0.15) is 16.8 Å². The number of halogens is 3. The Morgan fingerprint density at radius 3 is 2.50 bits per heavy atom. The molecule has 1 heterocycles. The van der Waals surface area contributed by atoms with Gasteiger partial charge in [0.1, 0.15) is 5.75 Å². The number of benzene rings is 1. The molecular weight excluding hydrogens is 349 g/mol. The first-order valence-electron chi connectivity index (χ1n) is 6.16. The SMILES string of the molecule is Cc1ncc(CO)c(C=NNc2c(Cl)cc(Cl)cc2Cl)c1O. The Morgan fingerprint density at radius 2 is 1.91 bits per heavy atom. The molecule has 5 nitrogen and oxygen atoms in total. The van der Waals surface area contributed by atoms with Crippen LogP contribution in [-0.4, -0.2) is 21.4 Å². The summed E-state index contributed by atoms with van der Waals surface area (Å²) in [5.74, 6) is -0.0506. The van der Waals surface area contributed by atoms with Crippen LogP contribution in [0.15, 0.2) is 23.4 Å². The first-order valence-corrected chi connectivity index (χ1v) is 7.29. The van der Waals surface area contributed by atoms with E-state index in [0.29, 0.717) is 37.6 Å². The van der Waals surface area contributed by atoms with E-state index in [-0.39, 0.29) is 12.4 Å². The number of hydrazone groups is 1. The average Bonchev–Trinajstić information content (AvgIpc) is 2.46. The quantitative estimate of drug-likeness (QED) is 0.569. The lowest BCUT2D eigenvalue weighted by molar-refractivity contribution is 0.280. The first-order chi connectivity index (χ1) is 10.4. The molecule has 0 saturated heterocycles. The van der Waals surface area contributed by atoms with Crippen molar-refractivity contribution in [1.82, 2.24) is 4.98 Å². The number of pyridine rings is 1. The van der Waals surface area contributed by atoms with Gasteiger partial charge in [0, 0.05) is 22.3 Å². The number of nitrogens with zero attached hydrogens (tertiary/aromatic N) is 2. The highest BCUT2D eigenvalue weighted by Crippen LogP contribution is 2.33. The number of rotatable bonds is 4. The predicted molar refractivity (Wildman–Crippen MR) is 89.3 cm³/mol. The molecule has 3 N–H and O–H groups in total. The van der Waals surface area contributed by atoms with Crippen molar-refractivity contribution >= 4 is 46.7 Å². The van der Waals surface area contributed by atoms with Crippen LogP contribution < -0.4 is 5.43 Å². The molecule has 2 rings (SSSR count). The molecule has 2 aromatic rings. The number of anilines is 1. The van der Waals surface area contributed by atoms with Gasteiger partial charge in [-0.1, -0.05) is 34.8 Å². The van der Waals surface area contributed by atoms with Crippen molar-refractivity contribution in [2.45, 2.75) is 13.5 Å². The molecule has 1 aromatic heterocycles. The molecule has 0 radical (unpaired) electrons. The van der Waals surface area contributed by atoms with Crippen molar-refractivity contribution in [1.29, 1.82) is 0 Å². The van der Waals surface area contributed by atoms with E-state index < -0.39 is 0 Å². The van der Waals surface area contributed by atoms with Gasteiger partial charge >= 0.3 is 0 Å². The van der Waals surface area contributed by atoms with Gasteiger partial charge in [-0.05, 0) is 19.1 Å². The minimum absolute atomic E-state index is 0.0506. The summed E-state index contributed by atoms with van der Waals surface area (Å²) in [6.45, 7) is 1.37. The largest absolute Gasteiger partial charge is 0.505 e. The van der Waals surface area contributed by atoms with Crippen LogP contribution in [0.5, 0.6) is 5.75 Å². The molecular formula is C14H12Cl3N3O2. The summed E-state index contributed by atoms with van der Waals surface area (Å²) in [6.07, 6.45) is 2.83. The van der Waals surface area contributed by atoms with E-state index in [4.69, 9.17) is 34.8 Å². The summed E-state index contributed by atoms with van der Waals surface area (Å²) in [5, 5.41) is 24.3. The van der Waals surface area contributed by atoms with Gasteiger partial charge in [0.2, 0.25) is 0 Å². The fourth-order valence-electron chi connectivity index (χ4n) is 1.73. The smallest absolute Gasteiger partial charge is 0.145 e. The molecule has 0 aliphatic heterocycles. The van der Waals surface area contributed by atoms with Crippen LogP contribution in [0.25, 0.3) is 0 Å². The van der Waals surface area contributed by atoms with Gasteiger partial charge in [-0.3, -0.25) is 10.4 Å². The molecule has 1 aromatic carbocycles. The molecule has 0 bridgehead atoms. The Labute approximate surface area is 142 Å². The maximum absolute atomic E-state index is 9.99. The Hall–Kier alpha value is -1.53. The number of aliphatic hydroxyl groups excluding tert-OH is 1. The first kappa shape index (κ1) is 16.8. The minimum Gasteiger partial charge on any atom is -0.505 e. The number of aromatic nitrogens is 1. The normalized spacial score (nSPS) is 11.1. The fraction of sp³-hybridized carbons (Fsp3) is 0.143. The Bertz CT molecular complexity index is 713. The zero-order valence-electron chi connectivity index (χ0n) is 11.4. The molecule has 0 unspecified atom stereocenters. The Kier molecular flexibility index (Phi) is 5.47. The van der Waals surface area contributed by atoms with E-state index in [1.807, 2.05) is 0 Å². The molecule has 8 heteroatoms. The lowest BCUT2D eigenvalue weighted by atomic mass is 10.1. The molecule has 0 amide bonds. The number of aromatic hydroxyl groups is 1. The van der Waals surface area contributed by atoms with E-state index in [1.165, 1.54) is 24.5 Å². The number of nitrogens with one attached hydrogen (secondary N) is 1. The Morgan fingerprint density at radius 1 is 1.27 bits per heavy atom. The molecule has 22 heavy (non-hydrogen) atoms. The van der Waals surface area contributed by atoms with Gasteiger partial charge in [-0.15, -0.1) is 0 Å². The van der Waals surface area contributed by atoms with Crippen LogP contribution in [0, 0.1) is 6.92 Å². The van der Waals surface area contributed by atoms with Crippen molar-refractivity contribution in [2.24, 2.45) is 5.10 Å². The summed E-state index contributed by atoms with van der Waals surface area (Å²) < 4.78 is 0. The zero-order chi connectivity index (χ0) is 16.3. The molecule has 0 fully saturated rings. The van der Waals surface area contributed by atoms with Crippen molar-refractivity contribution < 1.29 is 10.2 Å². The standard InChI is InChI=1S/C14H12Cl3N3O2/c1-7-14(22)10(8(6-21)4-18-7)5-19-20-13-11(16)2-9(15)3-12(13)17/h2-5,20-22H,6H2,1H3. The summed E-state index contributed by atoms with van der Waals surface area (Å²) in [4.78, 5) is 3.97. The van der Waals surface area contributed by atoms with E-state index in [1.54, 1.807) is 6.92 Å². The topological polar surface area (TPSA) is 77.7 Å². The lowest BCUT2D eigenvalue weighted by Gasteiger charge is -2.09. The lowest BCUT2D eigenvalue weighted by Crippen LogP contribution is -2.00. The third-order valence-electron chi connectivity index (χ3n) is 2.91. The molecule has 0 atom stereocenters. The number of aryl methyl sites for hydroxylation is 1. The van der Waals surface area contributed by atoms with Crippen molar-refractivity contribution in [3.63, 3.8) is 0 Å². The number of hydrogen-bond donors (Lipinski definition) is 3. The maximum atomic E-state index is 9.99. The van der Waals surface area contributed by atoms with Crippen molar-refractivity contribution in [2.75, 3.05) is 5.43 Å². The van der Waals surface area contributed by atoms with E-state index in [0.717, 1.165) is 0 Å². The summed E-state index contributed by atoms with van der Waals surface area (Å²) in [6, 6.07) is 3.06. The van der Waals surface area contributed by atoms with Crippen molar-refractivity contribution in [3.05, 3.63) is 50.2 Å². The monoisotopic (exact) mass is 359 g/mol. The second-order valence-corrected chi connectivity index (χ2v) is 5.65.